The number of nitrogens with one attached hydrogen (secondary N) is 3. The largest absolute Gasteiger partial charge is 0.480 e. The van der Waals surface area contributed by atoms with Gasteiger partial charge in [0.2, 0.25) is 5.96 Å². The Kier molecular flexibility index (Phi) is 10.6. The second kappa shape index (κ2) is 11.7. The summed E-state index contributed by atoms with van der Waals surface area (Å²) in [5.41, 5.74) is -2.49. The zero-order chi connectivity index (χ0) is 26.2. The van der Waals surface area contributed by atoms with E-state index in [4.69, 9.17) is 19.6 Å². The first kappa shape index (κ1) is 29.9. The Labute approximate surface area is 194 Å². The average Bonchev–Trinajstić information content (AvgIpc) is 2.51. The van der Waals surface area contributed by atoms with Gasteiger partial charge >= 0.3 is 24.2 Å². The normalized spacial score (nSPS) is 12.8. The summed E-state index contributed by atoms with van der Waals surface area (Å²) in [4.78, 5) is 48.8. The van der Waals surface area contributed by atoms with Crippen molar-refractivity contribution in [1.82, 2.24) is 15.5 Å². The third-order valence-electron chi connectivity index (χ3n) is 3.37. The molecule has 0 unspecified atom stereocenters. The highest BCUT2D eigenvalue weighted by molar-refractivity contribution is 5.99. The number of hydrogen-bond donors (Lipinski definition) is 4. The Morgan fingerprint density at radius 1 is 0.848 bits per heavy atom. The van der Waals surface area contributed by atoms with Crippen molar-refractivity contribution in [3.8, 4) is 0 Å². The van der Waals surface area contributed by atoms with Crippen LogP contribution >= 0.6 is 0 Å². The molecule has 0 aromatic carbocycles. The molecule has 0 aliphatic heterocycles. The number of ether oxygens (including phenoxy) is 3. The SMILES string of the molecule is CC(C)(C)OC(=O)NC(=N)N(CCC[C@@H](NC(=O)OC(C)(C)C)C(=O)O)C(=O)OC(C)(C)C. The third kappa shape index (κ3) is 14.6. The van der Waals surface area contributed by atoms with Crippen molar-refractivity contribution >= 4 is 30.2 Å². The molecule has 1 atom stereocenters. The van der Waals surface area contributed by atoms with Gasteiger partial charge in [0.15, 0.2) is 0 Å². The van der Waals surface area contributed by atoms with Crippen molar-refractivity contribution in [3.63, 3.8) is 0 Å². The maximum absolute atomic E-state index is 12.6. The number of carboxylic acids is 1. The number of aliphatic carboxylic acids is 1. The summed E-state index contributed by atoms with van der Waals surface area (Å²) in [5.74, 6) is -1.88. The molecule has 0 saturated carbocycles. The fourth-order valence-electron chi connectivity index (χ4n) is 2.24. The minimum atomic E-state index is -1.29. The number of alkyl carbamates (subject to hydrolysis) is 2. The highest BCUT2D eigenvalue weighted by atomic mass is 16.6. The maximum Gasteiger partial charge on any atom is 0.417 e. The number of rotatable bonds is 6. The van der Waals surface area contributed by atoms with Gasteiger partial charge in [0.1, 0.15) is 22.8 Å². The molecule has 0 aliphatic carbocycles. The standard InChI is InChI=1S/C21H38N4O8/c1-19(2,3)31-16(28)23-13(14(26)27)11-10-12-25(18(30)33-21(7,8)9)15(22)24-17(29)32-20(4,5)6/h13H,10-12H2,1-9H3,(H,23,28)(H,26,27)(H2,22,24,29)/t13-/m1/s1. The first-order valence-corrected chi connectivity index (χ1v) is 10.5. The van der Waals surface area contributed by atoms with Crippen molar-refractivity contribution in [2.24, 2.45) is 0 Å². The van der Waals surface area contributed by atoms with Crippen LogP contribution in [0.1, 0.15) is 75.2 Å². The van der Waals surface area contributed by atoms with E-state index in [0.717, 1.165) is 4.90 Å². The number of guanidine groups is 1. The van der Waals surface area contributed by atoms with Gasteiger partial charge in [-0.15, -0.1) is 0 Å². The highest BCUT2D eigenvalue weighted by Gasteiger charge is 2.29. The fourth-order valence-corrected chi connectivity index (χ4v) is 2.24. The van der Waals surface area contributed by atoms with Crippen molar-refractivity contribution in [2.45, 2.75) is 98.0 Å². The van der Waals surface area contributed by atoms with E-state index in [2.05, 4.69) is 10.6 Å². The van der Waals surface area contributed by atoms with Crippen LogP contribution in [0.4, 0.5) is 14.4 Å². The zero-order valence-corrected chi connectivity index (χ0v) is 21.0. The van der Waals surface area contributed by atoms with Crippen LogP contribution in [0.15, 0.2) is 0 Å². The zero-order valence-electron chi connectivity index (χ0n) is 21.0. The van der Waals surface area contributed by atoms with Crippen molar-refractivity contribution < 1.29 is 38.5 Å². The number of hydrogen-bond acceptors (Lipinski definition) is 8. The van der Waals surface area contributed by atoms with E-state index in [1.807, 2.05) is 0 Å². The van der Waals surface area contributed by atoms with Crippen LogP contribution in [-0.2, 0) is 19.0 Å². The van der Waals surface area contributed by atoms with E-state index in [-0.39, 0.29) is 19.4 Å². The molecular formula is C21H38N4O8. The fraction of sp³-hybridized carbons (Fsp3) is 0.762. The number of amides is 3. The molecule has 0 radical (unpaired) electrons. The smallest absolute Gasteiger partial charge is 0.417 e. The summed E-state index contributed by atoms with van der Waals surface area (Å²) in [7, 11) is 0. The molecule has 0 aliphatic rings. The van der Waals surface area contributed by atoms with Crippen molar-refractivity contribution in [1.29, 1.82) is 5.41 Å². The number of carboxylic acid groups (broad SMARTS) is 1. The Morgan fingerprint density at radius 3 is 1.73 bits per heavy atom. The molecule has 0 saturated heterocycles. The molecule has 12 nitrogen and oxygen atoms in total. The lowest BCUT2D eigenvalue weighted by Crippen LogP contribution is -2.50. The summed E-state index contributed by atoms with van der Waals surface area (Å²) in [5, 5.41) is 21.9. The number of nitrogens with zero attached hydrogens (tertiary/aromatic N) is 1. The van der Waals surface area contributed by atoms with E-state index in [9.17, 15) is 24.3 Å². The molecule has 190 valence electrons. The second-order valence-corrected chi connectivity index (χ2v) is 10.3. The van der Waals surface area contributed by atoms with Gasteiger partial charge in [0.25, 0.3) is 0 Å². The van der Waals surface area contributed by atoms with E-state index in [1.54, 1.807) is 62.3 Å². The predicted molar refractivity (Wildman–Crippen MR) is 120 cm³/mol. The Balaban J connectivity index is 5.25. The molecule has 4 N–H and O–H groups in total. The van der Waals surface area contributed by atoms with Gasteiger partial charge in [-0.05, 0) is 75.2 Å². The minimum absolute atomic E-state index is 0.0599. The maximum atomic E-state index is 12.6. The average molecular weight is 475 g/mol. The van der Waals surface area contributed by atoms with Crippen LogP contribution in [0.2, 0.25) is 0 Å². The van der Waals surface area contributed by atoms with Crippen LogP contribution in [0.25, 0.3) is 0 Å². The topological polar surface area (TPSA) is 167 Å². The lowest BCUT2D eigenvalue weighted by Gasteiger charge is -2.28. The van der Waals surface area contributed by atoms with Gasteiger partial charge in [0, 0.05) is 6.54 Å². The lowest BCUT2D eigenvalue weighted by molar-refractivity contribution is -0.139. The van der Waals surface area contributed by atoms with Gasteiger partial charge in [-0.3, -0.25) is 10.7 Å². The van der Waals surface area contributed by atoms with E-state index >= 15 is 0 Å². The molecule has 3 amide bonds. The van der Waals surface area contributed by atoms with E-state index < -0.39 is 53.1 Å². The van der Waals surface area contributed by atoms with E-state index in [1.165, 1.54) is 0 Å². The van der Waals surface area contributed by atoms with Gasteiger partial charge < -0.3 is 24.6 Å². The quantitative estimate of drug-likeness (QED) is 0.258. The Hall–Kier alpha value is -3.05. The molecule has 0 fully saturated rings. The molecule has 0 bridgehead atoms. The van der Waals surface area contributed by atoms with Gasteiger partial charge in [-0.25, -0.2) is 24.1 Å². The lowest BCUT2D eigenvalue weighted by atomic mass is 10.1. The first-order valence-electron chi connectivity index (χ1n) is 10.5. The summed E-state index contributed by atoms with van der Waals surface area (Å²) >= 11 is 0. The summed E-state index contributed by atoms with van der Waals surface area (Å²) in [6, 6.07) is -1.28. The van der Waals surface area contributed by atoms with Gasteiger partial charge in [-0.2, -0.15) is 0 Å². The number of carbonyl (C=O) groups excluding carboxylic acids is 3. The highest BCUT2D eigenvalue weighted by Crippen LogP contribution is 2.13. The molecular weight excluding hydrogens is 436 g/mol. The van der Waals surface area contributed by atoms with Crippen molar-refractivity contribution in [2.75, 3.05) is 6.54 Å². The molecule has 0 aromatic heterocycles. The summed E-state index contributed by atoms with van der Waals surface area (Å²) in [6.07, 6.45) is -2.75. The number of carbonyl (C=O) groups is 4. The van der Waals surface area contributed by atoms with Crippen LogP contribution in [0.5, 0.6) is 0 Å². The summed E-state index contributed by atoms with van der Waals surface area (Å²) < 4.78 is 15.4. The molecule has 0 spiro atoms. The van der Waals surface area contributed by atoms with Gasteiger partial charge in [0.05, 0.1) is 0 Å². The summed E-state index contributed by atoms with van der Waals surface area (Å²) in [6.45, 7) is 14.6. The minimum Gasteiger partial charge on any atom is -0.480 e. The Morgan fingerprint density at radius 2 is 1.30 bits per heavy atom. The molecule has 0 rings (SSSR count). The monoisotopic (exact) mass is 474 g/mol. The van der Waals surface area contributed by atoms with Crippen LogP contribution in [0.3, 0.4) is 0 Å². The Bertz CT molecular complexity index is 732. The van der Waals surface area contributed by atoms with Crippen LogP contribution in [-0.4, -0.2) is 69.6 Å². The van der Waals surface area contributed by atoms with E-state index in [0.29, 0.717) is 0 Å². The van der Waals surface area contributed by atoms with Crippen LogP contribution < -0.4 is 10.6 Å². The molecule has 0 aromatic rings. The van der Waals surface area contributed by atoms with Crippen molar-refractivity contribution in [3.05, 3.63) is 0 Å². The third-order valence-corrected chi connectivity index (χ3v) is 3.37. The molecule has 33 heavy (non-hydrogen) atoms. The first-order chi connectivity index (χ1) is 14.7. The van der Waals surface area contributed by atoms with Gasteiger partial charge in [-0.1, -0.05) is 0 Å². The molecule has 0 heterocycles. The van der Waals surface area contributed by atoms with Crippen LogP contribution in [0, 0.1) is 5.41 Å². The molecule has 12 heteroatoms. The predicted octanol–water partition coefficient (Wildman–Crippen LogP) is 3.44. The second-order valence-electron chi connectivity index (χ2n) is 10.3.